The van der Waals surface area contributed by atoms with Crippen LogP contribution in [0, 0.1) is 13.8 Å². The lowest BCUT2D eigenvalue weighted by Gasteiger charge is -2.17. The van der Waals surface area contributed by atoms with Gasteiger partial charge in [0.2, 0.25) is 11.7 Å². The van der Waals surface area contributed by atoms with Gasteiger partial charge in [-0.3, -0.25) is 14.4 Å². The van der Waals surface area contributed by atoms with Crippen LogP contribution in [0.4, 0.5) is 5.69 Å². The van der Waals surface area contributed by atoms with Crippen molar-refractivity contribution in [3.05, 3.63) is 46.3 Å². The van der Waals surface area contributed by atoms with Crippen LogP contribution in [0.2, 0.25) is 0 Å². The molecule has 0 saturated heterocycles. The molecule has 8 nitrogen and oxygen atoms in total. The number of aromatic amines is 1. The molecular weight excluding hydrogens is 376 g/mol. The molecule has 1 aromatic heterocycles. The van der Waals surface area contributed by atoms with E-state index in [2.05, 4.69) is 10.3 Å². The molecule has 8 heteroatoms. The summed E-state index contributed by atoms with van der Waals surface area (Å²) in [6, 6.07) is 5.14. The third-order valence-corrected chi connectivity index (χ3v) is 4.76. The summed E-state index contributed by atoms with van der Waals surface area (Å²) in [5, 5.41) is 2.77. The van der Waals surface area contributed by atoms with Crippen molar-refractivity contribution in [3.8, 4) is 5.75 Å². The van der Waals surface area contributed by atoms with Crippen LogP contribution in [0.25, 0.3) is 0 Å². The van der Waals surface area contributed by atoms with Crippen molar-refractivity contribution < 1.29 is 28.7 Å². The first-order valence-electron chi connectivity index (χ1n) is 9.20. The molecule has 2 N–H and O–H groups in total. The van der Waals surface area contributed by atoms with Crippen molar-refractivity contribution in [2.75, 3.05) is 18.5 Å². The van der Waals surface area contributed by atoms with Crippen molar-refractivity contribution in [1.29, 1.82) is 0 Å². The Morgan fingerprint density at radius 3 is 2.55 bits per heavy atom. The van der Waals surface area contributed by atoms with E-state index in [1.54, 1.807) is 32.0 Å². The molecule has 0 fully saturated rings. The Hall–Kier alpha value is -3.42. The van der Waals surface area contributed by atoms with Crippen molar-refractivity contribution >= 4 is 29.1 Å². The molecule has 152 valence electrons. The van der Waals surface area contributed by atoms with Crippen molar-refractivity contribution in [2.45, 2.75) is 33.6 Å². The highest BCUT2D eigenvalue weighted by molar-refractivity contribution is 6.04. The number of benzene rings is 1. The van der Waals surface area contributed by atoms with Crippen LogP contribution in [-0.4, -0.2) is 41.6 Å². The van der Waals surface area contributed by atoms with Gasteiger partial charge in [0.1, 0.15) is 5.75 Å². The monoisotopic (exact) mass is 398 g/mol. The summed E-state index contributed by atoms with van der Waals surface area (Å²) in [5.74, 6) is -0.786. The number of hydrogen-bond donors (Lipinski definition) is 2. The van der Waals surface area contributed by atoms with E-state index in [1.807, 2.05) is 0 Å². The van der Waals surface area contributed by atoms with Gasteiger partial charge in [-0.1, -0.05) is 0 Å². The van der Waals surface area contributed by atoms with E-state index in [0.717, 1.165) is 11.3 Å². The fraction of sp³-hybridized carbons (Fsp3) is 0.333. The highest BCUT2D eigenvalue weighted by atomic mass is 16.6. The average molecular weight is 398 g/mol. The van der Waals surface area contributed by atoms with Crippen LogP contribution in [0.3, 0.4) is 0 Å². The van der Waals surface area contributed by atoms with Crippen LogP contribution in [0.15, 0.2) is 18.2 Å². The smallest absolute Gasteiger partial charge is 0.344 e. The van der Waals surface area contributed by atoms with Gasteiger partial charge in [0.25, 0.3) is 0 Å². The largest absolute Gasteiger partial charge is 0.482 e. The van der Waals surface area contributed by atoms with Gasteiger partial charge in [0.15, 0.2) is 19.0 Å². The second-order valence-electron chi connectivity index (χ2n) is 6.92. The molecule has 0 bridgehead atoms. The molecule has 0 unspecified atom stereocenters. The van der Waals surface area contributed by atoms with Crippen LogP contribution >= 0.6 is 0 Å². The Labute approximate surface area is 167 Å². The number of rotatable bonds is 7. The minimum absolute atomic E-state index is 0.0256. The number of H-pyrrole nitrogens is 1. The van der Waals surface area contributed by atoms with E-state index in [-0.39, 0.29) is 24.0 Å². The number of anilines is 1. The highest BCUT2D eigenvalue weighted by Gasteiger charge is 2.21. The summed E-state index contributed by atoms with van der Waals surface area (Å²) in [7, 11) is 0. The molecule has 2 aromatic rings. The number of carbonyl (C=O) groups is 4. The van der Waals surface area contributed by atoms with Gasteiger partial charge in [-0.15, -0.1) is 0 Å². The van der Waals surface area contributed by atoms with Gasteiger partial charge in [0.05, 0.1) is 5.69 Å². The fourth-order valence-electron chi connectivity index (χ4n) is 3.41. The van der Waals surface area contributed by atoms with Crippen LogP contribution in [0.5, 0.6) is 5.75 Å². The van der Waals surface area contributed by atoms with Crippen LogP contribution in [-0.2, 0) is 20.7 Å². The Morgan fingerprint density at radius 2 is 1.86 bits per heavy atom. The summed E-state index contributed by atoms with van der Waals surface area (Å²) >= 11 is 0. The maximum atomic E-state index is 12.3. The van der Waals surface area contributed by atoms with Crippen molar-refractivity contribution in [3.63, 3.8) is 0 Å². The quantitative estimate of drug-likeness (QED) is 0.547. The third-order valence-electron chi connectivity index (χ3n) is 4.76. The molecule has 0 radical (unpaired) electrons. The maximum Gasteiger partial charge on any atom is 0.344 e. The van der Waals surface area contributed by atoms with Crippen molar-refractivity contribution in [1.82, 2.24) is 4.98 Å². The number of aryl methyl sites for hydroxylation is 2. The molecule has 1 aromatic carbocycles. The predicted octanol–water partition coefficient (Wildman–Crippen LogP) is 2.52. The Morgan fingerprint density at radius 1 is 1.10 bits per heavy atom. The molecule has 0 spiro atoms. The minimum Gasteiger partial charge on any atom is -0.482 e. The van der Waals surface area contributed by atoms with Gasteiger partial charge >= 0.3 is 5.97 Å². The Balaban J connectivity index is 1.53. The van der Waals surface area contributed by atoms with Crippen LogP contribution in [0.1, 0.15) is 51.0 Å². The lowest BCUT2D eigenvalue weighted by molar-refractivity contribution is -0.144. The van der Waals surface area contributed by atoms with E-state index in [0.29, 0.717) is 35.4 Å². The number of Topliss-reactive ketones (excluding diaryl/α,β-unsaturated/α-hetero) is 2. The number of carbonyl (C=O) groups excluding carboxylic acids is 4. The van der Waals surface area contributed by atoms with Gasteiger partial charge in [-0.25, -0.2) is 4.79 Å². The molecule has 1 aliphatic heterocycles. The summed E-state index contributed by atoms with van der Waals surface area (Å²) in [4.78, 5) is 50.2. The van der Waals surface area contributed by atoms with E-state index in [4.69, 9.17) is 9.47 Å². The first kappa shape index (κ1) is 20.3. The topological polar surface area (TPSA) is 115 Å². The SMILES string of the molecule is CC(=O)c1c(C)[nH]c(C(=O)COC(=O)COc2ccc3c(c2)CCC(=O)N3)c1C. The number of fused-ring (bicyclic) bond motifs is 1. The molecule has 2 heterocycles. The molecule has 0 aliphatic carbocycles. The van der Waals surface area contributed by atoms with Crippen molar-refractivity contribution in [2.24, 2.45) is 0 Å². The second kappa shape index (κ2) is 8.30. The molecule has 3 rings (SSSR count). The Bertz CT molecular complexity index is 1000. The number of amides is 1. The number of ketones is 2. The molecule has 0 atom stereocenters. The number of nitrogens with one attached hydrogen (secondary N) is 2. The second-order valence-corrected chi connectivity index (χ2v) is 6.92. The van der Waals surface area contributed by atoms with E-state index in [9.17, 15) is 19.2 Å². The summed E-state index contributed by atoms with van der Waals surface area (Å²) in [6.07, 6.45) is 1.01. The zero-order valence-corrected chi connectivity index (χ0v) is 16.5. The fourth-order valence-corrected chi connectivity index (χ4v) is 3.41. The number of hydrogen-bond acceptors (Lipinski definition) is 6. The van der Waals surface area contributed by atoms with E-state index >= 15 is 0 Å². The molecule has 1 aliphatic rings. The lowest BCUT2D eigenvalue weighted by Crippen LogP contribution is -2.21. The van der Waals surface area contributed by atoms with Gasteiger partial charge in [-0.2, -0.15) is 0 Å². The third kappa shape index (κ3) is 4.53. The Kier molecular flexibility index (Phi) is 5.81. The minimum atomic E-state index is -0.683. The zero-order valence-electron chi connectivity index (χ0n) is 16.5. The summed E-state index contributed by atoms with van der Waals surface area (Å²) in [6.45, 7) is 4.03. The first-order valence-corrected chi connectivity index (χ1v) is 9.20. The standard InChI is InChI=1S/C21H22N2O6/c1-11-20(13(3)24)12(2)22-21(11)17(25)9-29-19(27)10-28-15-5-6-16-14(8-15)4-7-18(26)23-16/h5-6,8,22H,4,7,9-10H2,1-3H3,(H,23,26). The molecule has 1 amide bonds. The van der Waals surface area contributed by atoms with Gasteiger partial charge in [-0.05, 0) is 56.5 Å². The number of aromatic nitrogens is 1. The maximum absolute atomic E-state index is 12.3. The number of esters is 1. The normalized spacial score (nSPS) is 12.7. The molecule has 0 saturated carbocycles. The lowest BCUT2D eigenvalue weighted by atomic mass is 10.0. The van der Waals surface area contributed by atoms with Crippen LogP contribution < -0.4 is 10.1 Å². The van der Waals surface area contributed by atoms with E-state index in [1.165, 1.54) is 6.92 Å². The van der Waals surface area contributed by atoms with E-state index < -0.39 is 18.4 Å². The molecule has 29 heavy (non-hydrogen) atoms. The van der Waals surface area contributed by atoms with Gasteiger partial charge in [0, 0.05) is 23.4 Å². The average Bonchev–Trinajstić information content (AvgIpc) is 2.98. The molecular formula is C21H22N2O6. The van der Waals surface area contributed by atoms with Gasteiger partial charge < -0.3 is 19.8 Å². The zero-order chi connectivity index (χ0) is 21.1. The summed E-state index contributed by atoms with van der Waals surface area (Å²) < 4.78 is 10.4. The first-order chi connectivity index (χ1) is 13.8. The summed E-state index contributed by atoms with van der Waals surface area (Å²) in [5.41, 5.74) is 3.57. The number of ether oxygens (including phenoxy) is 2. The predicted molar refractivity (Wildman–Crippen MR) is 104 cm³/mol. The highest BCUT2D eigenvalue weighted by Crippen LogP contribution is 2.26.